The second kappa shape index (κ2) is 6.28. The number of hydrogen-bond acceptors (Lipinski definition) is 1. The van der Waals surface area contributed by atoms with Crippen LogP contribution < -0.4 is 21.6 Å². The van der Waals surface area contributed by atoms with Crippen LogP contribution in [-0.4, -0.2) is 19.4 Å². The quantitative estimate of drug-likeness (QED) is 0.718. The molecule has 0 aliphatic heterocycles. The van der Waals surface area contributed by atoms with Gasteiger partial charge in [0, 0.05) is 0 Å². The minimum absolute atomic E-state index is 0.674. The molecule has 0 spiro atoms. The van der Waals surface area contributed by atoms with E-state index in [1.54, 1.807) is 0 Å². The molecule has 0 aliphatic rings. The summed E-state index contributed by atoms with van der Waals surface area (Å²) in [6, 6.07) is 32.7. The van der Waals surface area contributed by atoms with Crippen LogP contribution in [0.15, 0.2) is 91.0 Å². The van der Waals surface area contributed by atoms with Gasteiger partial charge in [-0.3, -0.25) is 0 Å². The van der Waals surface area contributed by atoms with Gasteiger partial charge in [0.1, 0.15) is 0 Å². The molecule has 0 atom stereocenters. The summed E-state index contributed by atoms with van der Waals surface area (Å²) in [5.74, 6) is 0. The maximum absolute atomic E-state index is 6.14. The van der Waals surface area contributed by atoms with Crippen molar-refractivity contribution in [2.75, 3.05) is 19.4 Å². The normalized spacial score (nSPS) is 13.2. The summed E-state index contributed by atoms with van der Waals surface area (Å²) in [5.41, 5.74) is 6.14. The molecule has 0 fully saturated rings. The second-order valence-corrected chi connectivity index (χ2v) is 11.9. The van der Waals surface area contributed by atoms with Gasteiger partial charge in [-0.15, -0.1) is 0 Å². The van der Waals surface area contributed by atoms with Crippen molar-refractivity contribution < 1.29 is 0 Å². The summed E-state index contributed by atoms with van der Waals surface area (Å²) >= 11 is 0. The predicted octanol–water partition coefficient (Wildman–Crippen LogP) is 3.10. The predicted molar refractivity (Wildman–Crippen MR) is 105 cm³/mol. The SMILES string of the molecule is CP(CCN)(c1ccccc1)(c1ccccc1)c1ccccc1. The zero-order valence-corrected chi connectivity index (χ0v) is 14.5. The number of hydrogen-bond donors (Lipinski definition) is 1. The molecule has 0 amide bonds. The Balaban J connectivity index is 2.41. The Morgan fingerprint density at radius 2 is 0.913 bits per heavy atom. The molecule has 1 nitrogen and oxygen atoms in total. The van der Waals surface area contributed by atoms with Crippen molar-refractivity contribution in [3.63, 3.8) is 0 Å². The molecule has 2 N–H and O–H groups in total. The van der Waals surface area contributed by atoms with E-state index in [1.165, 1.54) is 15.9 Å². The molecule has 0 bridgehead atoms. The van der Waals surface area contributed by atoms with Crippen molar-refractivity contribution in [1.29, 1.82) is 0 Å². The third-order valence-corrected chi connectivity index (χ3v) is 11.5. The summed E-state index contributed by atoms with van der Waals surface area (Å²) < 4.78 is 0. The Morgan fingerprint density at radius 1 is 0.609 bits per heavy atom. The first-order valence-electron chi connectivity index (χ1n) is 8.07. The number of benzene rings is 3. The van der Waals surface area contributed by atoms with Gasteiger partial charge in [-0.25, -0.2) is 0 Å². The van der Waals surface area contributed by atoms with Crippen LogP contribution in [0.1, 0.15) is 0 Å². The van der Waals surface area contributed by atoms with Gasteiger partial charge in [0.2, 0.25) is 0 Å². The molecule has 3 aromatic carbocycles. The van der Waals surface area contributed by atoms with Crippen molar-refractivity contribution in [1.82, 2.24) is 0 Å². The monoisotopic (exact) mass is 321 g/mol. The first-order valence-corrected chi connectivity index (χ1v) is 10.9. The van der Waals surface area contributed by atoms with Gasteiger partial charge in [-0.1, -0.05) is 0 Å². The minimum atomic E-state index is -2.55. The molecule has 2 heteroatoms. The molecular weight excluding hydrogens is 297 g/mol. The Hall–Kier alpha value is -1.95. The summed E-state index contributed by atoms with van der Waals surface area (Å²) in [7, 11) is 0. The fraction of sp³-hybridized carbons (Fsp3) is 0.143. The summed E-state index contributed by atoms with van der Waals surface area (Å²) in [5, 5.41) is 4.21. The first kappa shape index (κ1) is 15.9. The summed E-state index contributed by atoms with van der Waals surface area (Å²) in [4.78, 5) is 0. The van der Waals surface area contributed by atoms with Crippen LogP contribution in [0.2, 0.25) is 0 Å². The van der Waals surface area contributed by atoms with Crippen LogP contribution in [0.25, 0.3) is 0 Å². The zero-order chi connectivity index (χ0) is 16.2. The molecule has 118 valence electrons. The summed E-state index contributed by atoms with van der Waals surface area (Å²) in [6.07, 6.45) is 0.976. The first-order chi connectivity index (χ1) is 11.2. The molecule has 0 aromatic heterocycles. The van der Waals surface area contributed by atoms with Gasteiger partial charge < -0.3 is 0 Å². The Labute approximate surface area is 139 Å². The zero-order valence-electron chi connectivity index (χ0n) is 13.6. The van der Waals surface area contributed by atoms with Crippen LogP contribution >= 0.6 is 6.60 Å². The van der Waals surface area contributed by atoms with E-state index in [9.17, 15) is 0 Å². The van der Waals surface area contributed by atoms with E-state index in [2.05, 4.69) is 97.7 Å². The third kappa shape index (κ3) is 2.51. The molecule has 0 aliphatic carbocycles. The Bertz CT molecular complexity index is 654. The van der Waals surface area contributed by atoms with Crippen molar-refractivity contribution in [2.24, 2.45) is 5.73 Å². The third-order valence-electron chi connectivity index (χ3n) is 5.05. The fourth-order valence-corrected chi connectivity index (χ4v) is 8.90. The van der Waals surface area contributed by atoms with Gasteiger partial charge in [-0.2, -0.15) is 0 Å². The number of rotatable bonds is 5. The van der Waals surface area contributed by atoms with Crippen LogP contribution in [0.5, 0.6) is 0 Å². The molecule has 3 rings (SSSR count). The standard InChI is InChI=1S/C21H24NP/c1-23(18-17-22,19-11-5-2-6-12-19,20-13-7-3-8-14-20)21-15-9-4-10-16-21/h2-16H,17-18,22H2,1H3. The van der Waals surface area contributed by atoms with Gasteiger partial charge >= 0.3 is 139 Å². The van der Waals surface area contributed by atoms with Crippen molar-refractivity contribution in [3.05, 3.63) is 91.0 Å². The van der Waals surface area contributed by atoms with Crippen molar-refractivity contribution >= 4 is 22.5 Å². The van der Waals surface area contributed by atoms with E-state index in [0.29, 0.717) is 6.54 Å². The topological polar surface area (TPSA) is 26.0 Å². The molecule has 0 radical (unpaired) electrons. The van der Waals surface area contributed by atoms with Crippen LogP contribution in [0.4, 0.5) is 0 Å². The average Bonchev–Trinajstić information content (AvgIpc) is 2.64. The van der Waals surface area contributed by atoms with Gasteiger partial charge in [0.15, 0.2) is 0 Å². The van der Waals surface area contributed by atoms with Gasteiger partial charge in [0.25, 0.3) is 0 Å². The van der Waals surface area contributed by atoms with E-state index in [0.717, 1.165) is 6.16 Å². The molecule has 23 heavy (non-hydrogen) atoms. The Morgan fingerprint density at radius 3 is 1.17 bits per heavy atom. The van der Waals surface area contributed by atoms with Gasteiger partial charge in [-0.05, 0) is 0 Å². The molecule has 0 saturated heterocycles. The second-order valence-electron chi connectivity index (χ2n) is 6.32. The van der Waals surface area contributed by atoms with Crippen LogP contribution in [0.3, 0.4) is 0 Å². The van der Waals surface area contributed by atoms with E-state index >= 15 is 0 Å². The van der Waals surface area contributed by atoms with Gasteiger partial charge in [0.05, 0.1) is 0 Å². The number of nitrogens with two attached hydrogens (primary N) is 1. The molecular formula is C21H24NP. The van der Waals surface area contributed by atoms with Crippen molar-refractivity contribution in [2.45, 2.75) is 0 Å². The van der Waals surface area contributed by atoms with E-state index in [1.807, 2.05) is 0 Å². The average molecular weight is 321 g/mol. The van der Waals surface area contributed by atoms with E-state index < -0.39 is 6.60 Å². The maximum atomic E-state index is 6.14. The van der Waals surface area contributed by atoms with Crippen LogP contribution in [0, 0.1) is 0 Å². The molecule has 0 heterocycles. The van der Waals surface area contributed by atoms with E-state index in [-0.39, 0.29) is 0 Å². The summed E-state index contributed by atoms with van der Waals surface area (Å²) in [6.45, 7) is 0.576. The van der Waals surface area contributed by atoms with Crippen LogP contribution in [-0.2, 0) is 0 Å². The molecule has 0 unspecified atom stereocenters. The molecule has 3 aromatic rings. The van der Waals surface area contributed by atoms with Crippen molar-refractivity contribution in [3.8, 4) is 0 Å². The van der Waals surface area contributed by atoms with E-state index in [4.69, 9.17) is 5.73 Å². The molecule has 0 saturated carbocycles. The Kier molecular flexibility index (Phi) is 4.35. The fourth-order valence-electron chi connectivity index (χ4n) is 3.65.